The maximum Gasteiger partial charge on any atom is 0.277 e. The number of rotatable bonds is 6. The molecular formula is C16H14Cl2N2O3. The van der Waals surface area contributed by atoms with Crippen LogP contribution in [0.2, 0.25) is 10.0 Å². The van der Waals surface area contributed by atoms with Crippen LogP contribution < -0.4 is 14.9 Å². The monoisotopic (exact) mass is 352 g/mol. The van der Waals surface area contributed by atoms with Gasteiger partial charge in [-0.1, -0.05) is 23.2 Å². The average Bonchev–Trinajstić information content (AvgIpc) is 2.54. The molecule has 23 heavy (non-hydrogen) atoms. The van der Waals surface area contributed by atoms with E-state index in [1.54, 1.807) is 31.4 Å². The Morgan fingerprint density at radius 3 is 2.61 bits per heavy atom. The van der Waals surface area contributed by atoms with Gasteiger partial charge in [-0.3, -0.25) is 4.79 Å². The first-order valence-electron chi connectivity index (χ1n) is 6.62. The number of ether oxygens (including phenoxy) is 2. The third kappa shape index (κ3) is 5.47. The molecule has 0 heterocycles. The maximum absolute atomic E-state index is 11.6. The summed E-state index contributed by atoms with van der Waals surface area (Å²) in [6, 6.07) is 12.0. The number of hydrogen-bond acceptors (Lipinski definition) is 4. The molecule has 0 spiro atoms. The second kappa shape index (κ2) is 8.41. The van der Waals surface area contributed by atoms with Crippen molar-refractivity contribution in [1.82, 2.24) is 5.43 Å². The number of hydrogen-bond donors (Lipinski definition) is 1. The Balaban J connectivity index is 1.81. The Morgan fingerprint density at radius 1 is 1.22 bits per heavy atom. The van der Waals surface area contributed by atoms with Crippen LogP contribution in [0.4, 0.5) is 0 Å². The number of nitrogens with zero attached hydrogens (tertiary/aromatic N) is 1. The predicted molar refractivity (Wildman–Crippen MR) is 90.7 cm³/mol. The highest BCUT2D eigenvalue weighted by atomic mass is 35.5. The van der Waals surface area contributed by atoms with Gasteiger partial charge < -0.3 is 9.47 Å². The molecule has 0 aromatic heterocycles. The molecule has 2 aromatic carbocycles. The number of amides is 1. The fourth-order valence-electron chi connectivity index (χ4n) is 1.64. The molecule has 1 amide bonds. The van der Waals surface area contributed by atoms with Gasteiger partial charge in [-0.05, 0) is 48.0 Å². The summed E-state index contributed by atoms with van der Waals surface area (Å²) < 4.78 is 10.3. The molecule has 7 heteroatoms. The minimum atomic E-state index is -0.402. The minimum absolute atomic E-state index is 0.207. The van der Waals surface area contributed by atoms with Crippen molar-refractivity contribution < 1.29 is 14.3 Å². The van der Waals surface area contributed by atoms with Crippen LogP contribution in [0.25, 0.3) is 0 Å². The summed E-state index contributed by atoms with van der Waals surface area (Å²) in [5.74, 6) is 0.727. The quantitative estimate of drug-likeness (QED) is 0.638. The van der Waals surface area contributed by atoms with Crippen LogP contribution in [-0.2, 0) is 4.79 Å². The highest BCUT2D eigenvalue weighted by Crippen LogP contribution is 2.27. The maximum atomic E-state index is 11.6. The Hall–Kier alpha value is -2.24. The third-order valence-electron chi connectivity index (χ3n) is 2.77. The molecule has 0 bridgehead atoms. The van der Waals surface area contributed by atoms with E-state index >= 15 is 0 Å². The van der Waals surface area contributed by atoms with Gasteiger partial charge in [0, 0.05) is 5.02 Å². The van der Waals surface area contributed by atoms with Gasteiger partial charge in [-0.2, -0.15) is 5.10 Å². The minimum Gasteiger partial charge on any atom is -0.497 e. The normalized spacial score (nSPS) is 10.6. The highest BCUT2D eigenvalue weighted by Gasteiger charge is 2.05. The molecule has 5 nitrogen and oxygen atoms in total. The lowest BCUT2D eigenvalue weighted by Gasteiger charge is -2.07. The highest BCUT2D eigenvalue weighted by molar-refractivity contribution is 6.35. The van der Waals surface area contributed by atoms with Gasteiger partial charge in [-0.25, -0.2) is 5.43 Å². The molecule has 0 saturated carbocycles. The Labute approximate surface area is 143 Å². The van der Waals surface area contributed by atoms with Crippen LogP contribution in [0.15, 0.2) is 47.6 Å². The topological polar surface area (TPSA) is 59.9 Å². The van der Waals surface area contributed by atoms with Crippen molar-refractivity contribution >= 4 is 35.3 Å². The number of halogens is 2. The van der Waals surface area contributed by atoms with E-state index in [0.717, 1.165) is 11.3 Å². The summed E-state index contributed by atoms with van der Waals surface area (Å²) in [4.78, 5) is 11.6. The molecule has 0 radical (unpaired) electrons. The average molecular weight is 353 g/mol. The summed E-state index contributed by atoms with van der Waals surface area (Å²) in [5, 5.41) is 4.68. The number of hydrazone groups is 1. The molecule has 1 N–H and O–H groups in total. The fourth-order valence-corrected chi connectivity index (χ4v) is 2.10. The summed E-state index contributed by atoms with van der Waals surface area (Å²) in [6.07, 6.45) is 1.52. The molecule has 0 aliphatic carbocycles. The van der Waals surface area contributed by atoms with Crippen molar-refractivity contribution in [2.75, 3.05) is 13.7 Å². The molecule has 2 aromatic rings. The van der Waals surface area contributed by atoms with Gasteiger partial charge in [0.1, 0.15) is 11.5 Å². The lowest BCUT2D eigenvalue weighted by atomic mass is 10.2. The van der Waals surface area contributed by atoms with E-state index in [0.29, 0.717) is 15.8 Å². The number of benzene rings is 2. The van der Waals surface area contributed by atoms with E-state index in [1.165, 1.54) is 12.3 Å². The van der Waals surface area contributed by atoms with Crippen LogP contribution in [0, 0.1) is 0 Å². The van der Waals surface area contributed by atoms with E-state index < -0.39 is 5.91 Å². The summed E-state index contributed by atoms with van der Waals surface area (Å²) >= 11 is 11.7. The smallest absolute Gasteiger partial charge is 0.277 e. The fraction of sp³-hybridized carbons (Fsp3) is 0.125. The van der Waals surface area contributed by atoms with Gasteiger partial charge in [0.15, 0.2) is 6.61 Å². The lowest BCUT2D eigenvalue weighted by molar-refractivity contribution is -0.123. The third-order valence-corrected chi connectivity index (χ3v) is 3.30. The molecule has 0 aliphatic heterocycles. The second-order valence-electron chi connectivity index (χ2n) is 4.43. The molecule has 0 atom stereocenters. The van der Waals surface area contributed by atoms with Crippen molar-refractivity contribution in [2.24, 2.45) is 5.10 Å². The zero-order valence-electron chi connectivity index (χ0n) is 12.3. The molecule has 0 saturated heterocycles. The van der Waals surface area contributed by atoms with Crippen molar-refractivity contribution in [3.8, 4) is 11.5 Å². The van der Waals surface area contributed by atoms with Crippen LogP contribution in [0.5, 0.6) is 11.5 Å². The van der Waals surface area contributed by atoms with Crippen molar-refractivity contribution in [1.29, 1.82) is 0 Å². The lowest BCUT2D eigenvalue weighted by Crippen LogP contribution is -2.24. The summed E-state index contributed by atoms with van der Waals surface area (Å²) in [7, 11) is 1.59. The number of carbonyl (C=O) groups excluding carboxylic acids is 1. The van der Waals surface area contributed by atoms with Gasteiger partial charge >= 0.3 is 0 Å². The number of carbonyl (C=O) groups is 1. The van der Waals surface area contributed by atoms with E-state index in [4.69, 9.17) is 32.7 Å². The summed E-state index contributed by atoms with van der Waals surface area (Å²) in [6.45, 7) is -0.207. The van der Waals surface area contributed by atoms with Crippen molar-refractivity contribution in [3.05, 3.63) is 58.1 Å². The Morgan fingerprint density at radius 2 is 1.96 bits per heavy atom. The van der Waals surface area contributed by atoms with Gasteiger partial charge in [-0.15, -0.1) is 0 Å². The van der Waals surface area contributed by atoms with E-state index in [9.17, 15) is 4.79 Å². The van der Waals surface area contributed by atoms with Gasteiger partial charge in [0.25, 0.3) is 5.91 Å². The molecule has 0 unspecified atom stereocenters. The van der Waals surface area contributed by atoms with Crippen molar-refractivity contribution in [3.63, 3.8) is 0 Å². The molecule has 120 valence electrons. The molecular weight excluding hydrogens is 339 g/mol. The first kappa shape index (κ1) is 17.1. The predicted octanol–water partition coefficient (Wildman–Crippen LogP) is 3.53. The van der Waals surface area contributed by atoms with Gasteiger partial charge in [0.05, 0.1) is 18.3 Å². The Bertz CT molecular complexity index is 703. The van der Waals surface area contributed by atoms with E-state index in [2.05, 4.69) is 10.5 Å². The molecule has 0 aliphatic rings. The number of methoxy groups -OCH3 is 1. The van der Waals surface area contributed by atoms with Crippen LogP contribution in [0.3, 0.4) is 0 Å². The van der Waals surface area contributed by atoms with Crippen molar-refractivity contribution in [2.45, 2.75) is 0 Å². The van der Waals surface area contributed by atoms with E-state index in [-0.39, 0.29) is 6.61 Å². The first-order valence-corrected chi connectivity index (χ1v) is 7.38. The van der Waals surface area contributed by atoms with E-state index in [1.807, 2.05) is 12.1 Å². The second-order valence-corrected chi connectivity index (χ2v) is 5.27. The first-order chi connectivity index (χ1) is 11.1. The standard InChI is InChI=1S/C16H14Cl2N2O3/c1-22-13-5-2-11(3-6-13)9-19-20-16(21)10-23-15-7-4-12(17)8-14(15)18/h2-9H,10H2,1H3,(H,20,21)/b19-9+. The SMILES string of the molecule is COc1ccc(/C=N/NC(=O)COc2ccc(Cl)cc2Cl)cc1. The van der Waals surface area contributed by atoms with Crippen LogP contribution >= 0.6 is 23.2 Å². The largest absolute Gasteiger partial charge is 0.497 e. The zero-order chi connectivity index (χ0) is 16.7. The zero-order valence-corrected chi connectivity index (χ0v) is 13.8. The number of nitrogens with one attached hydrogen (secondary N) is 1. The molecule has 0 fully saturated rings. The van der Waals surface area contributed by atoms with Crippen LogP contribution in [-0.4, -0.2) is 25.8 Å². The summed E-state index contributed by atoms with van der Waals surface area (Å²) in [5.41, 5.74) is 3.19. The molecule has 2 rings (SSSR count). The van der Waals surface area contributed by atoms with Gasteiger partial charge in [0.2, 0.25) is 0 Å². The van der Waals surface area contributed by atoms with Crippen LogP contribution in [0.1, 0.15) is 5.56 Å². The Kier molecular flexibility index (Phi) is 6.26.